The molecule has 0 saturated carbocycles. The Morgan fingerprint density at radius 1 is 0.469 bits per heavy atom. The molecular weight excluding hydrogens is 615 g/mol. The first kappa shape index (κ1) is 24.1. The molecule has 10 rings (SSSR count). The first-order valence-electron chi connectivity index (χ1n) is 18.3. The Kier molecular flexibility index (Phi) is 5.51. The quantitative estimate of drug-likeness (QED) is 0.185. The first-order chi connectivity index (χ1) is 26.0. The van der Waals surface area contributed by atoms with Crippen LogP contribution >= 0.6 is 11.3 Å². The minimum Gasteiger partial charge on any atom is -0.455 e. The van der Waals surface area contributed by atoms with Crippen LogP contribution in [0.4, 0.5) is 17.1 Å². The van der Waals surface area contributed by atoms with Crippen LogP contribution in [0.15, 0.2) is 180 Å². The van der Waals surface area contributed by atoms with Crippen molar-refractivity contribution in [3.05, 3.63) is 176 Å². The summed E-state index contributed by atoms with van der Waals surface area (Å²) in [5, 5.41) is 5.95. The molecule has 2 nitrogen and oxygen atoms in total. The molecule has 0 amide bonds. The van der Waals surface area contributed by atoms with Crippen LogP contribution < -0.4 is 4.90 Å². The molecule has 2 heterocycles. The second-order valence-corrected chi connectivity index (χ2v) is 13.3. The molecule has 0 aliphatic carbocycles. The van der Waals surface area contributed by atoms with E-state index in [1.54, 1.807) is 11.3 Å². The minimum atomic E-state index is -0.126. The topological polar surface area (TPSA) is 16.4 Å². The number of nitrogens with zero attached hydrogens (tertiary/aromatic N) is 1. The van der Waals surface area contributed by atoms with Gasteiger partial charge in [0.05, 0.1) is 16.6 Å². The molecular formula is C46H29NOS. The van der Waals surface area contributed by atoms with Crippen LogP contribution in [-0.2, 0) is 0 Å². The standard InChI is InChI=1S/C46H29NOS/c1-2-9-30(10-3-1)31-17-23-35(24-18-31)47(41-14-8-15-42-45(41)39-27-21-33-11-4-5-12-37(33)46(39)48-42)36-25-19-32(20-26-36)34-22-28-44-40(29-34)38-13-6-7-16-43(38)49-44/h1-29H/i19D,20D,25D,26D. The fourth-order valence-corrected chi connectivity index (χ4v) is 8.07. The van der Waals surface area contributed by atoms with Gasteiger partial charge < -0.3 is 9.32 Å². The largest absolute Gasteiger partial charge is 0.455 e. The number of thiophene rings is 1. The highest BCUT2D eigenvalue weighted by molar-refractivity contribution is 7.25. The van der Waals surface area contributed by atoms with Crippen LogP contribution in [-0.4, -0.2) is 0 Å². The van der Waals surface area contributed by atoms with E-state index in [-0.39, 0.29) is 35.4 Å². The Morgan fingerprint density at radius 2 is 1.18 bits per heavy atom. The molecule has 230 valence electrons. The molecule has 0 aliphatic heterocycles. The highest BCUT2D eigenvalue weighted by Gasteiger charge is 2.20. The molecule has 0 radical (unpaired) electrons. The van der Waals surface area contributed by atoms with Gasteiger partial charge in [0.1, 0.15) is 11.2 Å². The van der Waals surface area contributed by atoms with Crippen molar-refractivity contribution in [1.29, 1.82) is 0 Å². The van der Waals surface area contributed by atoms with Gasteiger partial charge in [0, 0.05) is 42.3 Å². The van der Waals surface area contributed by atoms with Crippen LogP contribution in [0.5, 0.6) is 0 Å². The molecule has 0 unspecified atom stereocenters. The van der Waals surface area contributed by atoms with Gasteiger partial charge in [0.2, 0.25) is 0 Å². The average molecular weight is 648 g/mol. The third kappa shape index (κ3) is 4.62. The minimum absolute atomic E-state index is 0.0963. The monoisotopic (exact) mass is 647 g/mol. The SMILES string of the molecule is [2H]c1c([2H])c(N(c2ccc(-c3ccccc3)cc2)c2cccc3oc4c5ccccc5ccc4c23)c([2H])c([2H])c1-c1ccc2sc3ccccc3c2c1. The Bertz CT molecular complexity index is 3030. The van der Waals surface area contributed by atoms with Crippen LogP contribution in [0, 0.1) is 0 Å². The summed E-state index contributed by atoms with van der Waals surface area (Å²) in [4.78, 5) is 1.86. The van der Waals surface area contributed by atoms with E-state index in [1.165, 1.54) is 0 Å². The van der Waals surface area contributed by atoms with Crippen LogP contribution in [0.3, 0.4) is 0 Å². The summed E-state index contributed by atoms with van der Waals surface area (Å²) in [5.74, 6) is 0. The van der Waals surface area contributed by atoms with Crippen molar-refractivity contribution >= 4 is 81.3 Å². The van der Waals surface area contributed by atoms with Crippen molar-refractivity contribution in [2.45, 2.75) is 0 Å². The Hall–Kier alpha value is -6.16. The average Bonchev–Trinajstić information content (AvgIpc) is 3.78. The van der Waals surface area contributed by atoms with Gasteiger partial charge in [-0.3, -0.25) is 0 Å². The zero-order chi connectivity index (χ0) is 35.8. The maximum absolute atomic E-state index is 9.58. The molecule has 0 spiro atoms. The van der Waals surface area contributed by atoms with E-state index in [0.717, 1.165) is 58.4 Å². The van der Waals surface area contributed by atoms with Crippen molar-refractivity contribution in [2.24, 2.45) is 0 Å². The summed E-state index contributed by atoms with van der Waals surface area (Å²) in [6.45, 7) is 0. The molecule has 0 saturated heterocycles. The normalized spacial score (nSPS) is 12.8. The number of rotatable bonds is 5. The summed E-state index contributed by atoms with van der Waals surface area (Å²) in [6.07, 6.45) is 0. The van der Waals surface area contributed by atoms with Crippen LogP contribution in [0.2, 0.25) is 0 Å². The van der Waals surface area contributed by atoms with Gasteiger partial charge >= 0.3 is 0 Å². The highest BCUT2D eigenvalue weighted by atomic mass is 32.1. The smallest absolute Gasteiger partial charge is 0.143 e. The third-order valence-corrected chi connectivity index (χ3v) is 10.5. The van der Waals surface area contributed by atoms with E-state index in [2.05, 4.69) is 48.5 Å². The maximum Gasteiger partial charge on any atom is 0.143 e. The second-order valence-electron chi connectivity index (χ2n) is 12.2. The zero-order valence-corrected chi connectivity index (χ0v) is 27.0. The molecule has 3 heteroatoms. The molecule has 8 aromatic carbocycles. The lowest BCUT2D eigenvalue weighted by atomic mass is 10.0. The van der Waals surface area contributed by atoms with E-state index >= 15 is 0 Å². The van der Waals surface area contributed by atoms with Crippen molar-refractivity contribution in [1.82, 2.24) is 0 Å². The molecule has 2 aromatic heterocycles. The number of hydrogen-bond donors (Lipinski definition) is 0. The third-order valence-electron chi connectivity index (χ3n) is 9.34. The van der Waals surface area contributed by atoms with Gasteiger partial charge in [-0.05, 0) is 88.3 Å². The van der Waals surface area contributed by atoms with Crippen molar-refractivity contribution < 1.29 is 9.90 Å². The van der Waals surface area contributed by atoms with E-state index in [4.69, 9.17) is 4.42 Å². The van der Waals surface area contributed by atoms with E-state index in [9.17, 15) is 5.48 Å². The van der Waals surface area contributed by atoms with Gasteiger partial charge in [-0.1, -0.05) is 115 Å². The highest BCUT2D eigenvalue weighted by Crippen LogP contribution is 2.45. The van der Waals surface area contributed by atoms with E-state index in [1.807, 2.05) is 108 Å². The molecule has 0 atom stereocenters. The Balaban J connectivity index is 1.22. The second kappa shape index (κ2) is 11.2. The van der Waals surface area contributed by atoms with Gasteiger partial charge in [-0.15, -0.1) is 11.3 Å². The molecule has 0 bridgehead atoms. The van der Waals surface area contributed by atoms with Crippen LogP contribution in [0.25, 0.3) is 75.1 Å². The van der Waals surface area contributed by atoms with E-state index < -0.39 is 0 Å². The lowest BCUT2D eigenvalue weighted by Crippen LogP contribution is -2.10. The summed E-state index contributed by atoms with van der Waals surface area (Å²) in [5.41, 5.74) is 6.02. The summed E-state index contributed by atoms with van der Waals surface area (Å²) >= 11 is 1.70. The fraction of sp³-hybridized carbons (Fsp3) is 0. The van der Waals surface area contributed by atoms with Gasteiger partial charge in [-0.2, -0.15) is 0 Å². The zero-order valence-electron chi connectivity index (χ0n) is 30.2. The van der Waals surface area contributed by atoms with Crippen molar-refractivity contribution in [2.75, 3.05) is 4.90 Å². The lowest BCUT2D eigenvalue weighted by Gasteiger charge is -2.26. The van der Waals surface area contributed by atoms with Crippen molar-refractivity contribution in [3.63, 3.8) is 0 Å². The molecule has 0 aliphatic rings. The summed E-state index contributed by atoms with van der Waals surface area (Å²) in [7, 11) is 0. The molecule has 0 fully saturated rings. The Labute approximate surface area is 293 Å². The molecule has 10 aromatic rings. The Morgan fingerprint density at radius 3 is 2.04 bits per heavy atom. The predicted octanol–water partition coefficient (Wildman–Crippen LogP) is 13.9. The van der Waals surface area contributed by atoms with Gasteiger partial charge in [0.25, 0.3) is 0 Å². The fourth-order valence-electron chi connectivity index (χ4n) is 6.99. The molecule has 49 heavy (non-hydrogen) atoms. The van der Waals surface area contributed by atoms with Gasteiger partial charge in [0.15, 0.2) is 0 Å². The number of fused-ring (bicyclic) bond motifs is 8. The van der Waals surface area contributed by atoms with Crippen molar-refractivity contribution in [3.8, 4) is 22.3 Å². The van der Waals surface area contributed by atoms with E-state index in [0.29, 0.717) is 22.5 Å². The summed E-state index contributed by atoms with van der Waals surface area (Å²) in [6, 6.07) is 49.9. The predicted molar refractivity (Wildman–Crippen MR) is 210 cm³/mol. The first-order valence-corrected chi connectivity index (χ1v) is 17.1. The number of furan rings is 1. The van der Waals surface area contributed by atoms with Gasteiger partial charge in [-0.25, -0.2) is 0 Å². The lowest BCUT2D eigenvalue weighted by molar-refractivity contribution is 0.672. The summed E-state index contributed by atoms with van der Waals surface area (Å²) < 4.78 is 46.9. The molecule has 0 N–H and O–H groups in total. The number of anilines is 3. The number of hydrogen-bond acceptors (Lipinski definition) is 3. The maximum atomic E-state index is 9.58. The number of benzene rings is 8. The van der Waals surface area contributed by atoms with Crippen LogP contribution in [0.1, 0.15) is 5.48 Å².